The van der Waals surface area contributed by atoms with E-state index in [1.165, 1.54) is 16.9 Å². The van der Waals surface area contributed by atoms with Crippen molar-refractivity contribution >= 4 is 16.9 Å². The molecule has 7 nitrogen and oxygen atoms in total. The highest BCUT2D eigenvalue weighted by atomic mass is 19.1. The molecule has 0 bridgehead atoms. The number of nitrogens with zero attached hydrogens (tertiary/aromatic N) is 4. The van der Waals surface area contributed by atoms with Crippen LogP contribution in [0.25, 0.3) is 22.4 Å². The molecule has 8 heteroatoms. The van der Waals surface area contributed by atoms with Gasteiger partial charge in [-0.2, -0.15) is 4.80 Å². The second kappa shape index (κ2) is 6.99. The Labute approximate surface area is 153 Å². The van der Waals surface area contributed by atoms with Crippen LogP contribution < -0.4 is 5.32 Å². The van der Waals surface area contributed by atoms with Gasteiger partial charge in [0.15, 0.2) is 0 Å². The van der Waals surface area contributed by atoms with Crippen molar-refractivity contribution in [3.63, 3.8) is 0 Å². The van der Waals surface area contributed by atoms with E-state index in [4.69, 9.17) is 4.42 Å². The molecule has 2 aromatic carbocycles. The van der Waals surface area contributed by atoms with Crippen molar-refractivity contribution in [1.29, 1.82) is 0 Å². The fourth-order valence-corrected chi connectivity index (χ4v) is 2.73. The van der Waals surface area contributed by atoms with E-state index in [0.29, 0.717) is 17.1 Å². The lowest BCUT2D eigenvalue weighted by Crippen LogP contribution is -2.30. The number of para-hydroxylation sites is 1. The molecule has 0 fully saturated rings. The first-order valence-corrected chi connectivity index (χ1v) is 8.40. The van der Waals surface area contributed by atoms with Crippen LogP contribution >= 0.6 is 0 Å². The molecule has 1 N–H and O–H groups in total. The van der Waals surface area contributed by atoms with Gasteiger partial charge in [0.2, 0.25) is 11.7 Å². The predicted molar refractivity (Wildman–Crippen MR) is 96.0 cm³/mol. The molecule has 0 aliphatic rings. The molecule has 0 unspecified atom stereocenters. The summed E-state index contributed by atoms with van der Waals surface area (Å²) in [6.07, 6.45) is 0. The summed E-state index contributed by atoms with van der Waals surface area (Å²) in [5.74, 6) is 0.382. The van der Waals surface area contributed by atoms with Crippen LogP contribution in [0.4, 0.5) is 4.39 Å². The Morgan fingerprint density at radius 3 is 2.78 bits per heavy atom. The summed E-state index contributed by atoms with van der Waals surface area (Å²) < 4.78 is 18.7. The number of furan rings is 1. The van der Waals surface area contributed by atoms with E-state index in [2.05, 4.69) is 20.7 Å². The molecule has 1 atom stereocenters. The number of nitrogens with one attached hydrogen (secondary N) is 1. The highest BCUT2D eigenvalue weighted by Gasteiger charge is 2.16. The quantitative estimate of drug-likeness (QED) is 0.587. The smallest absolute Gasteiger partial charge is 0.244 e. The summed E-state index contributed by atoms with van der Waals surface area (Å²) in [6.45, 7) is 1.76. The number of amides is 1. The summed E-state index contributed by atoms with van der Waals surface area (Å²) in [6, 6.07) is 15.0. The molecule has 1 amide bonds. The van der Waals surface area contributed by atoms with Crippen LogP contribution in [0.15, 0.2) is 59.0 Å². The lowest BCUT2D eigenvalue weighted by Gasteiger charge is -2.10. The first-order valence-electron chi connectivity index (χ1n) is 8.40. The highest BCUT2D eigenvalue weighted by Crippen LogP contribution is 2.23. The molecule has 0 spiro atoms. The van der Waals surface area contributed by atoms with Gasteiger partial charge in [-0.15, -0.1) is 10.2 Å². The van der Waals surface area contributed by atoms with Gasteiger partial charge in [-0.25, -0.2) is 4.39 Å². The van der Waals surface area contributed by atoms with Gasteiger partial charge in [-0.3, -0.25) is 4.79 Å². The number of tetrazole rings is 1. The molecule has 136 valence electrons. The maximum Gasteiger partial charge on any atom is 0.244 e. The number of carbonyl (C=O) groups is 1. The molecule has 0 saturated heterocycles. The molecule has 0 saturated carbocycles. The van der Waals surface area contributed by atoms with Crippen LogP contribution in [0.1, 0.15) is 18.7 Å². The van der Waals surface area contributed by atoms with Crippen molar-refractivity contribution in [3.8, 4) is 11.4 Å². The maximum atomic E-state index is 13.0. The normalized spacial score (nSPS) is 12.2. The van der Waals surface area contributed by atoms with E-state index in [0.717, 1.165) is 11.0 Å². The molecule has 0 aliphatic carbocycles. The zero-order chi connectivity index (χ0) is 18.8. The van der Waals surface area contributed by atoms with Gasteiger partial charge in [-0.1, -0.05) is 18.2 Å². The zero-order valence-corrected chi connectivity index (χ0v) is 14.5. The highest BCUT2D eigenvalue weighted by molar-refractivity contribution is 5.79. The molecule has 0 radical (unpaired) electrons. The van der Waals surface area contributed by atoms with Crippen LogP contribution in [0.3, 0.4) is 0 Å². The number of hydrogen-bond acceptors (Lipinski definition) is 5. The second-order valence-electron chi connectivity index (χ2n) is 6.13. The largest absolute Gasteiger partial charge is 0.459 e. The van der Waals surface area contributed by atoms with E-state index in [1.807, 2.05) is 37.3 Å². The number of hydrogen-bond donors (Lipinski definition) is 1. The Bertz CT molecular complexity index is 1050. The molecule has 4 aromatic rings. The lowest BCUT2D eigenvalue weighted by molar-refractivity contribution is -0.122. The number of halogens is 1. The van der Waals surface area contributed by atoms with Gasteiger partial charge in [-0.05, 0) is 48.5 Å². The molecule has 4 rings (SSSR count). The molecular formula is C19H16FN5O2. The van der Waals surface area contributed by atoms with E-state index in [-0.39, 0.29) is 24.3 Å². The van der Waals surface area contributed by atoms with Crippen molar-refractivity contribution in [2.24, 2.45) is 0 Å². The average Bonchev–Trinajstić information content (AvgIpc) is 3.29. The summed E-state index contributed by atoms with van der Waals surface area (Å²) >= 11 is 0. The standard InChI is InChI=1S/C19H16FN5O2/c1-12(17-10-14-4-2-3-5-16(14)27-17)21-18(26)11-25-23-19(22-24-25)13-6-8-15(20)9-7-13/h2-10,12H,11H2,1H3,(H,21,26)/t12-/m1/s1. The number of carbonyl (C=O) groups excluding carboxylic acids is 1. The first kappa shape index (κ1) is 16.9. The van der Waals surface area contributed by atoms with Crippen molar-refractivity contribution in [2.45, 2.75) is 19.5 Å². The number of aromatic nitrogens is 4. The number of benzene rings is 2. The van der Waals surface area contributed by atoms with Gasteiger partial charge in [0.05, 0.1) is 6.04 Å². The lowest BCUT2D eigenvalue weighted by atomic mass is 10.2. The molecule has 27 heavy (non-hydrogen) atoms. The minimum atomic E-state index is -0.343. The van der Waals surface area contributed by atoms with Gasteiger partial charge >= 0.3 is 0 Å². The fourth-order valence-electron chi connectivity index (χ4n) is 2.73. The Morgan fingerprint density at radius 2 is 2.00 bits per heavy atom. The SMILES string of the molecule is C[C@@H](NC(=O)Cn1nnc(-c2ccc(F)cc2)n1)c1cc2ccccc2o1. The van der Waals surface area contributed by atoms with Crippen LogP contribution in [0, 0.1) is 5.82 Å². The van der Waals surface area contributed by atoms with Gasteiger partial charge in [0.25, 0.3) is 0 Å². The first-order chi connectivity index (χ1) is 13.1. The van der Waals surface area contributed by atoms with E-state index in [9.17, 15) is 9.18 Å². The van der Waals surface area contributed by atoms with E-state index in [1.54, 1.807) is 12.1 Å². The zero-order valence-electron chi connectivity index (χ0n) is 14.5. The van der Waals surface area contributed by atoms with Gasteiger partial charge < -0.3 is 9.73 Å². The Hall–Kier alpha value is -3.55. The number of fused-ring (bicyclic) bond motifs is 1. The van der Waals surface area contributed by atoms with Crippen LogP contribution in [0.5, 0.6) is 0 Å². The van der Waals surface area contributed by atoms with Crippen molar-refractivity contribution < 1.29 is 13.6 Å². The predicted octanol–water partition coefficient (Wildman–Crippen LogP) is 3.10. The molecule has 2 heterocycles. The minimum Gasteiger partial charge on any atom is -0.459 e. The van der Waals surface area contributed by atoms with Gasteiger partial charge in [0.1, 0.15) is 23.7 Å². The maximum absolute atomic E-state index is 13.0. The minimum absolute atomic E-state index is 0.0846. The molecule has 0 aliphatic heterocycles. The molecular weight excluding hydrogens is 349 g/mol. The Kier molecular flexibility index (Phi) is 4.37. The topological polar surface area (TPSA) is 85.8 Å². The monoisotopic (exact) mass is 365 g/mol. The molecule has 2 aromatic heterocycles. The van der Waals surface area contributed by atoms with Crippen molar-refractivity contribution in [2.75, 3.05) is 0 Å². The summed E-state index contributed by atoms with van der Waals surface area (Å²) in [5.41, 5.74) is 1.40. The van der Waals surface area contributed by atoms with Crippen LogP contribution in [-0.4, -0.2) is 26.1 Å². The third-order valence-electron chi connectivity index (χ3n) is 4.09. The summed E-state index contributed by atoms with van der Waals surface area (Å²) in [7, 11) is 0. The Morgan fingerprint density at radius 1 is 1.22 bits per heavy atom. The van der Waals surface area contributed by atoms with Crippen molar-refractivity contribution in [3.05, 3.63) is 66.2 Å². The summed E-state index contributed by atoms with van der Waals surface area (Å²) in [4.78, 5) is 13.5. The van der Waals surface area contributed by atoms with Crippen LogP contribution in [-0.2, 0) is 11.3 Å². The van der Waals surface area contributed by atoms with Gasteiger partial charge in [0, 0.05) is 10.9 Å². The average molecular weight is 365 g/mol. The second-order valence-corrected chi connectivity index (χ2v) is 6.13. The third kappa shape index (κ3) is 3.69. The van der Waals surface area contributed by atoms with Crippen LogP contribution in [0.2, 0.25) is 0 Å². The Balaban J connectivity index is 1.41. The number of rotatable bonds is 5. The third-order valence-corrected chi connectivity index (χ3v) is 4.09. The van der Waals surface area contributed by atoms with E-state index < -0.39 is 0 Å². The van der Waals surface area contributed by atoms with E-state index >= 15 is 0 Å². The fraction of sp³-hybridized carbons (Fsp3) is 0.158. The van der Waals surface area contributed by atoms with Crippen molar-refractivity contribution in [1.82, 2.24) is 25.5 Å². The summed E-state index contributed by atoms with van der Waals surface area (Å²) in [5, 5.41) is 15.7.